The van der Waals surface area contributed by atoms with E-state index in [-0.39, 0.29) is 0 Å². The van der Waals surface area contributed by atoms with Crippen LogP contribution in [0, 0.1) is 5.92 Å². The second-order valence-corrected chi connectivity index (χ2v) is 6.09. The molecule has 20 heavy (non-hydrogen) atoms. The quantitative estimate of drug-likeness (QED) is 0.591. The molecule has 1 saturated carbocycles. The monoisotopic (exact) mass is 292 g/mol. The highest BCUT2D eigenvalue weighted by Gasteiger charge is 2.29. The summed E-state index contributed by atoms with van der Waals surface area (Å²) in [6, 6.07) is 8.37. The minimum atomic E-state index is 0.411. The van der Waals surface area contributed by atoms with Gasteiger partial charge in [0.25, 0.3) is 0 Å². The van der Waals surface area contributed by atoms with Crippen molar-refractivity contribution >= 4 is 17.2 Å². The van der Waals surface area contributed by atoms with Gasteiger partial charge < -0.3 is 15.4 Å². The van der Waals surface area contributed by atoms with Crippen LogP contribution in [0.4, 0.5) is 0 Å². The molecular formula is C16H24N2OS. The highest BCUT2D eigenvalue weighted by molar-refractivity contribution is 7.80. The van der Waals surface area contributed by atoms with E-state index in [2.05, 4.69) is 18.9 Å². The normalized spacial score (nSPS) is 16.1. The Hall–Kier alpha value is -1.13. The third-order valence-electron chi connectivity index (χ3n) is 4.04. The second-order valence-electron chi connectivity index (χ2n) is 5.65. The molecule has 1 fully saturated rings. The topological polar surface area (TPSA) is 38.5 Å². The lowest BCUT2D eigenvalue weighted by Gasteiger charge is -2.24. The van der Waals surface area contributed by atoms with Gasteiger partial charge >= 0.3 is 0 Å². The molecule has 1 aliphatic rings. The van der Waals surface area contributed by atoms with Gasteiger partial charge in [-0.25, -0.2) is 0 Å². The lowest BCUT2D eigenvalue weighted by molar-refractivity contribution is 0.209. The Bertz CT molecular complexity index is 460. The van der Waals surface area contributed by atoms with Crippen LogP contribution < -0.4 is 10.5 Å². The van der Waals surface area contributed by atoms with Crippen LogP contribution >= 0.6 is 12.2 Å². The average Bonchev–Trinajstić information content (AvgIpc) is 3.27. The third-order valence-corrected chi connectivity index (χ3v) is 4.28. The highest BCUT2D eigenvalue weighted by Crippen LogP contribution is 2.34. The van der Waals surface area contributed by atoms with Crippen LogP contribution in [-0.2, 0) is 0 Å². The Kier molecular flexibility index (Phi) is 5.38. The molecule has 1 aliphatic carbocycles. The summed E-state index contributed by atoms with van der Waals surface area (Å²) in [6.45, 7) is 4.12. The van der Waals surface area contributed by atoms with Gasteiger partial charge in [-0.15, -0.1) is 0 Å². The Morgan fingerprint density at radius 1 is 1.50 bits per heavy atom. The van der Waals surface area contributed by atoms with E-state index in [9.17, 15) is 0 Å². The molecule has 3 nitrogen and oxygen atoms in total. The molecule has 1 aromatic rings. The van der Waals surface area contributed by atoms with Crippen LogP contribution in [0.25, 0.3) is 0 Å². The molecule has 1 atom stereocenters. The Balaban J connectivity index is 1.70. The molecule has 2 N–H and O–H groups in total. The van der Waals surface area contributed by atoms with Crippen molar-refractivity contribution in [2.75, 3.05) is 20.2 Å². The maximum absolute atomic E-state index is 5.76. The van der Waals surface area contributed by atoms with E-state index in [1.807, 2.05) is 24.3 Å². The van der Waals surface area contributed by atoms with Crippen molar-refractivity contribution in [1.29, 1.82) is 0 Å². The van der Waals surface area contributed by atoms with Gasteiger partial charge in [-0.1, -0.05) is 24.4 Å². The van der Waals surface area contributed by atoms with Gasteiger partial charge in [-0.3, -0.25) is 0 Å². The van der Waals surface area contributed by atoms with Crippen LogP contribution in [0.5, 0.6) is 5.75 Å². The summed E-state index contributed by atoms with van der Waals surface area (Å²) in [5.74, 6) is 1.76. The number of nitrogens with zero attached hydrogens (tertiary/aromatic N) is 1. The first-order valence-corrected chi connectivity index (χ1v) is 7.71. The molecule has 1 aromatic carbocycles. The lowest BCUT2D eigenvalue weighted by atomic mass is 10.2. The first-order valence-electron chi connectivity index (χ1n) is 7.31. The molecule has 0 radical (unpaired) electrons. The average molecular weight is 292 g/mol. The molecule has 0 saturated heterocycles. The number of benzene rings is 1. The predicted octanol–water partition coefficient (Wildman–Crippen LogP) is 2.82. The van der Waals surface area contributed by atoms with Crippen molar-refractivity contribution in [2.24, 2.45) is 11.7 Å². The van der Waals surface area contributed by atoms with Gasteiger partial charge in [0.2, 0.25) is 0 Å². The summed E-state index contributed by atoms with van der Waals surface area (Å²) < 4.78 is 5.76. The van der Waals surface area contributed by atoms with Gasteiger partial charge in [-0.2, -0.15) is 0 Å². The zero-order valence-electron chi connectivity index (χ0n) is 12.3. The van der Waals surface area contributed by atoms with Crippen molar-refractivity contribution < 1.29 is 4.74 Å². The molecule has 0 heterocycles. The summed E-state index contributed by atoms with van der Waals surface area (Å²) in [5.41, 5.74) is 6.47. The van der Waals surface area contributed by atoms with E-state index in [0.717, 1.165) is 36.8 Å². The zero-order valence-corrected chi connectivity index (χ0v) is 13.2. The summed E-state index contributed by atoms with van der Waals surface area (Å²) in [7, 11) is 2.20. The van der Waals surface area contributed by atoms with E-state index < -0.39 is 0 Å². The fourth-order valence-electron chi connectivity index (χ4n) is 2.39. The van der Waals surface area contributed by atoms with Gasteiger partial charge in [-0.05, 0) is 51.3 Å². The number of rotatable bonds is 8. The number of nitrogens with two attached hydrogens (primary N) is 1. The lowest BCUT2D eigenvalue weighted by Crippen LogP contribution is -2.32. The molecule has 0 bridgehead atoms. The summed E-state index contributed by atoms with van der Waals surface area (Å²) in [5, 5.41) is 0. The molecule has 4 heteroatoms. The van der Waals surface area contributed by atoms with Crippen LogP contribution in [0.15, 0.2) is 24.3 Å². The van der Waals surface area contributed by atoms with E-state index in [4.69, 9.17) is 22.7 Å². The van der Waals surface area contributed by atoms with Gasteiger partial charge in [0.15, 0.2) is 0 Å². The van der Waals surface area contributed by atoms with Gasteiger partial charge in [0.05, 0.1) is 6.61 Å². The smallest absolute Gasteiger partial charge is 0.119 e. The van der Waals surface area contributed by atoms with Crippen molar-refractivity contribution in [3.8, 4) is 5.75 Å². The summed E-state index contributed by atoms with van der Waals surface area (Å²) in [6.07, 6.45) is 3.83. The first-order chi connectivity index (χ1) is 9.58. The standard InChI is InChI=1S/C16H24N2OS/c1-12(13-7-8-13)18(2)9-4-10-19-15-6-3-5-14(11-15)16(17)20/h3,5-6,11-13H,4,7-10H2,1-2H3,(H2,17,20). The predicted molar refractivity (Wildman–Crippen MR) is 87.3 cm³/mol. The molecule has 2 rings (SSSR count). The molecule has 110 valence electrons. The van der Waals surface area contributed by atoms with Crippen LogP contribution in [0.3, 0.4) is 0 Å². The number of ether oxygens (including phenoxy) is 1. The maximum Gasteiger partial charge on any atom is 0.119 e. The van der Waals surface area contributed by atoms with Gasteiger partial charge in [0, 0.05) is 18.2 Å². The second kappa shape index (κ2) is 7.04. The summed E-state index contributed by atoms with van der Waals surface area (Å²) >= 11 is 4.97. The number of hydrogen-bond acceptors (Lipinski definition) is 3. The highest BCUT2D eigenvalue weighted by atomic mass is 32.1. The molecule has 0 spiro atoms. The molecule has 0 aromatic heterocycles. The zero-order chi connectivity index (χ0) is 14.5. The molecule has 0 aliphatic heterocycles. The molecule has 1 unspecified atom stereocenters. The van der Waals surface area contributed by atoms with Gasteiger partial charge in [0.1, 0.15) is 10.7 Å². The fraction of sp³-hybridized carbons (Fsp3) is 0.562. The number of thiocarbonyl (C=S) groups is 1. The Morgan fingerprint density at radius 2 is 2.25 bits per heavy atom. The molecule has 0 amide bonds. The van der Waals surface area contributed by atoms with E-state index in [0.29, 0.717) is 11.0 Å². The van der Waals surface area contributed by atoms with Crippen LogP contribution in [-0.4, -0.2) is 36.1 Å². The maximum atomic E-state index is 5.76. The fourth-order valence-corrected chi connectivity index (χ4v) is 2.51. The minimum Gasteiger partial charge on any atom is -0.494 e. The third kappa shape index (κ3) is 4.46. The minimum absolute atomic E-state index is 0.411. The first kappa shape index (κ1) is 15.3. The van der Waals surface area contributed by atoms with E-state index in [1.54, 1.807) is 0 Å². The Morgan fingerprint density at radius 3 is 2.90 bits per heavy atom. The largest absolute Gasteiger partial charge is 0.494 e. The van der Waals surface area contributed by atoms with E-state index >= 15 is 0 Å². The van der Waals surface area contributed by atoms with Crippen molar-refractivity contribution in [2.45, 2.75) is 32.2 Å². The SMILES string of the molecule is CC(C1CC1)N(C)CCCOc1cccc(C(N)=S)c1. The molecular weight excluding hydrogens is 268 g/mol. The van der Waals surface area contributed by atoms with Crippen LogP contribution in [0.2, 0.25) is 0 Å². The van der Waals surface area contributed by atoms with Crippen molar-refractivity contribution in [3.05, 3.63) is 29.8 Å². The number of hydrogen-bond donors (Lipinski definition) is 1. The van der Waals surface area contributed by atoms with Crippen molar-refractivity contribution in [3.63, 3.8) is 0 Å². The van der Waals surface area contributed by atoms with E-state index in [1.165, 1.54) is 12.8 Å². The summed E-state index contributed by atoms with van der Waals surface area (Å²) in [4.78, 5) is 2.85. The Labute approximate surface area is 127 Å². The van der Waals surface area contributed by atoms with Crippen molar-refractivity contribution in [1.82, 2.24) is 4.90 Å². The van der Waals surface area contributed by atoms with Crippen LogP contribution in [0.1, 0.15) is 31.7 Å².